The van der Waals surface area contributed by atoms with Gasteiger partial charge in [-0.2, -0.15) is 0 Å². The topological polar surface area (TPSA) is 117 Å². The van der Waals surface area contributed by atoms with Crippen LogP contribution in [0.1, 0.15) is 40.2 Å². The van der Waals surface area contributed by atoms with Crippen LogP contribution in [-0.4, -0.2) is 36.1 Å². The number of nitrogens with zero attached hydrogens (tertiary/aromatic N) is 1. The van der Waals surface area contributed by atoms with E-state index >= 15 is 0 Å². The molecular weight excluding hydrogens is 296 g/mol. The average Bonchev–Trinajstić information content (AvgIpc) is 2.45. The van der Waals surface area contributed by atoms with E-state index in [2.05, 4.69) is 51.1 Å². The van der Waals surface area contributed by atoms with Gasteiger partial charge in [-0.25, -0.2) is 0 Å². The minimum Gasteiger partial charge on any atom is -0.550 e. The third-order valence-corrected chi connectivity index (χ3v) is 3.37. The first kappa shape index (κ1) is 26.0. The van der Waals surface area contributed by atoms with Gasteiger partial charge in [0.25, 0.3) is 0 Å². The number of benzene rings is 1. The van der Waals surface area contributed by atoms with Gasteiger partial charge in [0.1, 0.15) is 6.54 Å². The molecule has 1 aromatic carbocycles. The largest absolute Gasteiger partial charge is 0.550 e. The first-order valence-corrected chi connectivity index (χ1v) is 7.47. The lowest BCUT2D eigenvalue weighted by Gasteiger charge is -2.35. The molecule has 1 aromatic rings. The second-order valence-electron chi connectivity index (χ2n) is 4.92. The predicted molar refractivity (Wildman–Crippen MR) is 89.4 cm³/mol. The number of carboxylic acids is 2. The van der Waals surface area contributed by atoms with Gasteiger partial charge in [-0.3, -0.25) is 0 Å². The Morgan fingerprint density at radius 3 is 1.43 bits per heavy atom. The molecule has 0 heterocycles. The van der Waals surface area contributed by atoms with Crippen LogP contribution in [0.3, 0.4) is 0 Å². The Kier molecular flexibility index (Phi) is 17.0. The van der Waals surface area contributed by atoms with Crippen molar-refractivity contribution in [2.24, 2.45) is 0 Å². The SMILES string of the molecule is CC(=O)[O-].CC(=O)[O-].CC[N+](CC)(CC)Cc1ccccc1.[NH4+]. The van der Waals surface area contributed by atoms with Crippen molar-refractivity contribution in [2.45, 2.75) is 41.2 Å². The fraction of sp³-hybridized carbons (Fsp3) is 0.529. The molecule has 0 radical (unpaired) electrons. The lowest BCUT2D eigenvalue weighted by atomic mass is 10.2. The molecule has 0 atom stereocenters. The van der Waals surface area contributed by atoms with E-state index < -0.39 is 11.9 Å². The molecule has 6 heteroatoms. The van der Waals surface area contributed by atoms with Crippen LogP contribution in [0, 0.1) is 0 Å². The molecule has 6 nitrogen and oxygen atoms in total. The van der Waals surface area contributed by atoms with Crippen LogP contribution in [0.4, 0.5) is 0 Å². The lowest BCUT2D eigenvalue weighted by Crippen LogP contribution is -2.46. The van der Waals surface area contributed by atoms with Gasteiger partial charge in [0.15, 0.2) is 0 Å². The number of carbonyl (C=O) groups excluding carboxylic acids is 2. The zero-order valence-corrected chi connectivity index (χ0v) is 15.3. The highest BCUT2D eigenvalue weighted by Crippen LogP contribution is 2.13. The van der Waals surface area contributed by atoms with E-state index in [1.807, 2.05) is 0 Å². The maximum Gasteiger partial charge on any atom is 0.104 e. The van der Waals surface area contributed by atoms with Crippen molar-refractivity contribution in [3.8, 4) is 0 Å². The van der Waals surface area contributed by atoms with Crippen molar-refractivity contribution in [3.63, 3.8) is 0 Å². The van der Waals surface area contributed by atoms with Gasteiger partial charge in [-0.15, -0.1) is 0 Å². The van der Waals surface area contributed by atoms with Crippen LogP contribution < -0.4 is 16.4 Å². The van der Waals surface area contributed by atoms with Crippen LogP contribution >= 0.6 is 0 Å². The Balaban J connectivity index is -0.000000374. The van der Waals surface area contributed by atoms with Crippen molar-refractivity contribution in [3.05, 3.63) is 35.9 Å². The lowest BCUT2D eigenvalue weighted by molar-refractivity contribution is -0.936. The van der Waals surface area contributed by atoms with E-state index in [-0.39, 0.29) is 6.15 Å². The number of quaternary nitrogens is 2. The Morgan fingerprint density at radius 1 is 0.870 bits per heavy atom. The quantitative estimate of drug-likeness (QED) is 0.810. The molecule has 23 heavy (non-hydrogen) atoms. The molecule has 0 saturated carbocycles. The minimum absolute atomic E-state index is 0. The van der Waals surface area contributed by atoms with Gasteiger partial charge in [0, 0.05) is 17.5 Å². The number of carboxylic acid groups (broad SMARTS) is 2. The molecule has 0 bridgehead atoms. The van der Waals surface area contributed by atoms with Gasteiger partial charge in [0.05, 0.1) is 19.6 Å². The Hall–Kier alpha value is -1.92. The highest BCUT2D eigenvalue weighted by molar-refractivity contribution is 5.60. The number of rotatable bonds is 5. The molecule has 4 N–H and O–H groups in total. The van der Waals surface area contributed by atoms with Crippen molar-refractivity contribution < 1.29 is 24.3 Å². The summed E-state index contributed by atoms with van der Waals surface area (Å²) in [6.07, 6.45) is 0. The molecule has 0 aliphatic heterocycles. The van der Waals surface area contributed by atoms with Gasteiger partial charge in [0.2, 0.25) is 0 Å². The molecular formula is C17H32N2O4. The van der Waals surface area contributed by atoms with E-state index in [1.54, 1.807) is 0 Å². The molecule has 0 fully saturated rings. The fourth-order valence-corrected chi connectivity index (χ4v) is 1.98. The smallest absolute Gasteiger partial charge is 0.104 e. The second-order valence-corrected chi connectivity index (χ2v) is 4.92. The summed E-state index contributed by atoms with van der Waals surface area (Å²) in [5.74, 6) is -2.17. The van der Waals surface area contributed by atoms with Crippen LogP contribution in [-0.2, 0) is 16.1 Å². The van der Waals surface area contributed by atoms with Crippen molar-refractivity contribution in [1.82, 2.24) is 6.15 Å². The Labute approximate surface area is 139 Å². The molecule has 1 rings (SSSR count). The van der Waals surface area contributed by atoms with Gasteiger partial charge in [-0.1, -0.05) is 30.3 Å². The summed E-state index contributed by atoms with van der Waals surface area (Å²) in [6.45, 7) is 13.7. The van der Waals surface area contributed by atoms with Gasteiger partial charge < -0.3 is 30.4 Å². The minimum atomic E-state index is -1.08. The fourth-order valence-electron chi connectivity index (χ4n) is 1.98. The number of hydrogen-bond donors (Lipinski definition) is 1. The first-order chi connectivity index (χ1) is 10.2. The molecule has 0 aromatic heterocycles. The molecule has 0 unspecified atom stereocenters. The monoisotopic (exact) mass is 328 g/mol. The molecule has 134 valence electrons. The summed E-state index contributed by atoms with van der Waals surface area (Å²) in [5, 5.41) is 17.8. The standard InChI is InChI=1S/C13H22N.2C2H4O2.H3N/c1-4-14(5-2,6-3)12-13-10-8-7-9-11-13;2*1-2(3)4;/h7-11H,4-6,12H2,1-3H3;2*1H3,(H,3,4);1H3/q+1;;;/p-1. The molecule has 0 saturated heterocycles. The molecule has 0 aliphatic rings. The van der Waals surface area contributed by atoms with Crippen molar-refractivity contribution in [1.29, 1.82) is 0 Å². The summed E-state index contributed by atoms with van der Waals surface area (Å²) in [6, 6.07) is 10.8. The van der Waals surface area contributed by atoms with Crippen LogP contribution in [0.15, 0.2) is 30.3 Å². The Morgan fingerprint density at radius 2 is 1.17 bits per heavy atom. The summed E-state index contributed by atoms with van der Waals surface area (Å²) in [7, 11) is 0. The number of hydrogen-bond acceptors (Lipinski definition) is 4. The first-order valence-electron chi connectivity index (χ1n) is 7.47. The van der Waals surface area contributed by atoms with Crippen LogP contribution in [0.2, 0.25) is 0 Å². The molecule has 0 spiro atoms. The number of carbonyl (C=O) groups is 2. The van der Waals surface area contributed by atoms with Gasteiger partial charge in [-0.05, 0) is 34.6 Å². The van der Waals surface area contributed by atoms with Crippen molar-refractivity contribution >= 4 is 11.9 Å². The average molecular weight is 328 g/mol. The summed E-state index contributed by atoms with van der Waals surface area (Å²) >= 11 is 0. The highest BCUT2D eigenvalue weighted by Gasteiger charge is 2.20. The van der Waals surface area contributed by atoms with E-state index in [4.69, 9.17) is 19.8 Å². The second kappa shape index (κ2) is 15.0. The van der Waals surface area contributed by atoms with E-state index in [0.29, 0.717) is 0 Å². The highest BCUT2D eigenvalue weighted by atomic mass is 16.4. The maximum atomic E-state index is 8.89. The van der Waals surface area contributed by atoms with Crippen molar-refractivity contribution in [2.75, 3.05) is 19.6 Å². The van der Waals surface area contributed by atoms with Crippen LogP contribution in [0.25, 0.3) is 0 Å². The molecule has 0 amide bonds. The summed E-state index contributed by atoms with van der Waals surface area (Å²) < 4.78 is 1.20. The molecule has 0 aliphatic carbocycles. The van der Waals surface area contributed by atoms with E-state index in [0.717, 1.165) is 13.8 Å². The van der Waals surface area contributed by atoms with Gasteiger partial charge >= 0.3 is 0 Å². The zero-order valence-electron chi connectivity index (χ0n) is 15.3. The summed E-state index contributed by atoms with van der Waals surface area (Å²) in [5.41, 5.74) is 1.46. The third-order valence-electron chi connectivity index (χ3n) is 3.37. The van der Waals surface area contributed by atoms with E-state index in [1.165, 1.54) is 36.2 Å². The van der Waals surface area contributed by atoms with E-state index in [9.17, 15) is 0 Å². The maximum absolute atomic E-state index is 8.89. The normalized spacial score (nSPS) is 9.26. The zero-order chi connectivity index (χ0) is 17.6. The third kappa shape index (κ3) is 16.3. The predicted octanol–water partition coefficient (Wildman–Crippen LogP) is 0.952. The summed E-state index contributed by atoms with van der Waals surface area (Å²) in [4.78, 5) is 17.8. The number of aliphatic carboxylic acids is 2. The van der Waals surface area contributed by atoms with Crippen LogP contribution in [0.5, 0.6) is 0 Å². The Bertz CT molecular complexity index is 390.